The normalized spacial score (nSPS) is 19.0. The molecule has 3 N–H and O–H groups in total. The van der Waals surface area contributed by atoms with Crippen molar-refractivity contribution in [1.82, 2.24) is 5.32 Å². The first-order chi connectivity index (χ1) is 11.8. The van der Waals surface area contributed by atoms with Gasteiger partial charge >= 0.3 is 12.0 Å². The summed E-state index contributed by atoms with van der Waals surface area (Å²) in [5.74, 6) is -1.73. The number of carboxylic acid groups (broad SMARTS) is 1. The van der Waals surface area contributed by atoms with Gasteiger partial charge in [-0.3, -0.25) is 9.69 Å². The Hall–Kier alpha value is -2.57. The Morgan fingerprint density at radius 3 is 2.48 bits per heavy atom. The molecule has 3 atom stereocenters. The van der Waals surface area contributed by atoms with Gasteiger partial charge in [0.15, 0.2) is 0 Å². The van der Waals surface area contributed by atoms with Gasteiger partial charge in [-0.2, -0.15) is 0 Å². The fourth-order valence-electron chi connectivity index (χ4n) is 2.99. The van der Waals surface area contributed by atoms with E-state index in [1.807, 2.05) is 20.8 Å². The van der Waals surface area contributed by atoms with Gasteiger partial charge in [-0.25, -0.2) is 9.59 Å². The molecular formula is C18H25N3O4. The third-order valence-electron chi connectivity index (χ3n) is 4.58. The second-order valence-electron chi connectivity index (χ2n) is 6.72. The Kier molecular flexibility index (Phi) is 5.66. The van der Waals surface area contributed by atoms with Crippen LogP contribution in [0, 0.1) is 11.8 Å². The first kappa shape index (κ1) is 18.8. The molecular weight excluding hydrogens is 322 g/mol. The van der Waals surface area contributed by atoms with Crippen LogP contribution in [0.5, 0.6) is 0 Å². The lowest BCUT2D eigenvalue weighted by Crippen LogP contribution is -2.59. The zero-order chi connectivity index (χ0) is 18.7. The third-order valence-corrected chi connectivity index (χ3v) is 4.58. The molecule has 0 fully saturated rings. The molecule has 7 heteroatoms. The number of nitrogens with one attached hydrogen (secondary N) is 2. The van der Waals surface area contributed by atoms with Crippen molar-refractivity contribution >= 4 is 29.3 Å². The van der Waals surface area contributed by atoms with E-state index in [1.54, 1.807) is 31.2 Å². The summed E-state index contributed by atoms with van der Waals surface area (Å²) in [5, 5.41) is 14.8. The summed E-state index contributed by atoms with van der Waals surface area (Å²) in [6.07, 6.45) is 0.613. The number of aliphatic carboxylic acids is 1. The van der Waals surface area contributed by atoms with Crippen LogP contribution >= 0.6 is 0 Å². The molecule has 1 aliphatic rings. The Morgan fingerprint density at radius 2 is 1.92 bits per heavy atom. The van der Waals surface area contributed by atoms with Crippen molar-refractivity contribution in [2.45, 2.75) is 46.2 Å². The lowest BCUT2D eigenvalue weighted by Gasteiger charge is -2.39. The second kappa shape index (κ2) is 7.55. The summed E-state index contributed by atoms with van der Waals surface area (Å²) in [6, 6.07) is 4.70. The van der Waals surface area contributed by atoms with Gasteiger partial charge in [-0.1, -0.05) is 46.2 Å². The predicted molar refractivity (Wildman–Crippen MR) is 95.6 cm³/mol. The molecule has 0 saturated heterocycles. The van der Waals surface area contributed by atoms with Crippen molar-refractivity contribution in [2.75, 3.05) is 10.2 Å². The lowest BCUT2D eigenvalue weighted by atomic mass is 9.97. The van der Waals surface area contributed by atoms with E-state index < -0.39 is 24.1 Å². The molecule has 1 aromatic rings. The van der Waals surface area contributed by atoms with E-state index in [1.165, 1.54) is 4.90 Å². The van der Waals surface area contributed by atoms with Gasteiger partial charge in [0, 0.05) is 0 Å². The number of carboxylic acids is 1. The minimum absolute atomic E-state index is 0.133. The quantitative estimate of drug-likeness (QED) is 0.762. The van der Waals surface area contributed by atoms with E-state index >= 15 is 0 Å². The first-order valence-corrected chi connectivity index (χ1v) is 8.50. The number of carbonyl (C=O) groups is 3. The van der Waals surface area contributed by atoms with Crippen molar-refractivity contribution in [1.29, 1.82) is 0 Å². The van der Waals surface area contributed by atoms with Crippen LogP contribution in [-0.4, -0.2) is 35.1 Å². The predicted octanol–water partition coefficient (Wildman–Crippen LogP) is 2.68. The smallest absolute Gasteiger partial charge is 0.326 e. The average molecular weight is 347 g/mol. The van der Waals surface area contributed by atoms with Crippen molar-refractivity contribution in [2.24, 2.45) is 11.8 Å². The highest BCUT2D eigenvalue weighted by Crippen LogP contribution is 2.34. The molecule has 0 unspecified atom stereocenters. The Morgan fingerprint density at radius 1 is 1.28 bits per heavy atom. The molecule has 0 bridgehead atoms. The summed E-state index contributed by atoms with van der Waals surface area (Å²) in [4.78, 5) is 38.3. The molecule has 3 amide bonds. The largest absolute Gasteiger partial charge is 0.480 e. The molecule has 1 aromatic carbocycles. The molecule has 1 aliphatic heterocycles. The molecule has 25 heavy (non-hydrogen) atoms. The van der Waals surface area contributed by atoms with Crippen molar-refractivity contribution in [3.63, 3.8) is 0 Å². The summed E-state index contributed by atoms with van der Waals surface area (Å²) in [7, 11) is 0. The van der Waals surface area contributed by atoms with Crippen molar-refractivity contribution in [3.8, 4) is 0 Å². The maximum Gasteiger partial charge on any atom is 0.326 e. The highest BCUT2D eigenvalue weighted by atomic mass is 16.4. The minimum Gasteiger partial charge on any atom is -0.480 e. The number of urea groups is 1. The number of nitrogens with zero attached hydrogens (tertiary/aromatic N) is 1. The summed E-state index contributed by atoms with van der Waals surface area (Å²) in [5.41, 5.74) is 1.10. The SMILES string of the molecule is CC[C@@H](C)[C@@H](NC(=O)N1c2ccccc2NC(=O)[C@@H]1C(C)C)C(=O)O. The molecule has 1 heterocycles. The molecule has 0 saturated carbocycles. The van der Waals surface area contributed by atoms with Crippen LogP contribution in [0.4, 0.5) is 16.2 Å². The molecule has 136 valence electrons. The lowest BCUT2D eigenvalue weighted by molar-refractivity contribution is -0.140. The van der Waals surface area contributed by atoms with Crippen molar-refractivity contribution in [3.05, 3.63) is 24.3 Å². The van der Waals surface area contributed by atoms with E-state index in [-0.39, 0.29) is 17.7 Å². The van der Waals surface area contributed by atoms with Gasteiger partial charge in [0.25, 0.3) is 0 Å². The number of rotatable bonds is 5. The summed E-state index contributed by atoms with van der Waals surface area (Å²) >= 11 is 0. The van der Waals surface area contributed by atoms with E-state index in [0.29, 0.717) is 17.8 Å². The van der Waals surface area contributed by atoms with E-state index in [9.17, 15) is 19.5 Å². The molecule has 0 spiro atoms. The van der Waals surface area contributed by atoms with E-state index in [0.717, 1.165) is 0 Å². The van der Waals surface area contributed by atoms with Crippen LogP contribution < -0.4 is 15.5 Å². The Labute approximate surface area is 147 Å². The second-order valence-corrected chi connectivity index (χ2v) is 6.72. The van der Waals surface area contributed by atoms with E-state index in [2.05, 4.69) is 10.6 Å². The molecule has 2 rings (SSSR count). The van der Waals surface area contributed by atoms with Crippen LogP contribution in [0.3, 0.4) is 0 Å². The monoisotopic (exact) mass is 347 g/mol. The zero-order valence-corrected chi connectivity index (χ0v) is 14.9. The molecule has 0 radical (unpaired) electrons. The molecule has 0 aromatic heterocycles. The number of fused-ring (bicyclic) bond motifs is 1. The number of carbonyl (C=O) groups excluding carboxylic acids is 2. The fourth-order valence-corrected chi connectivity index (χ4v) is 2.99. The number of para-hydroxylation sites is 2. The highest BCUT2D eigenvalue weighted by molar-refractivity contribution is 6.12. The number of benzene rings is 1. The van der Waals surface area contributed by atoms with Crippen LogP contribution in [0.25, 0.3) is 0 Å². The first-order valence-electron chi connectivity index (χ1n) is 8.50. The number of anilines is 2. The van der Waals surface area contributed by atoms with Gasteiger partial charge in [0.05, 0.1) is 11.4 Å². The maximum atomic E-state index is 12.9. The van der Waals surface area contributed by atoms with E-state index in [4.69, 9.17) is 0 Å². The molecule has 7 nitrogen and oxygen atoms in total. The zero-order valence-electron chi connectivity index (χ0n) is 14.9. The number of amides is 3. The number of hydrogen-bond acceptors (Lipinski definition) is 3. The third kappa shape index (κ3) is 3.75. The topological polar surface area (TPSA) is 98.7 Å². The van der Waals surface area contributed by atoms with Crippen LogP contribution in [0.15, 0.2) is 24.3 Å². The summed E-state index contributed by atoms with van der Waals surface area (Å²) in [6.45, 7) is 7.34. The van der Waals surface area contributed by atoms with Gasteiger partial charge in [-0.15, -0.1) is 0 Å². The van der Waals surface area contributed by atoms with Gasteiger partial charge in [0.1, 0.15) is 12.1 Å². The van der Waals surface area contributed by atoms with Gasteiger partial charge in [-0.05, 0) is 24.0 Å². The van der Waals surface area contributed by atoms with Crippen LogP contribution in [0.1, 0.15) is 34.1 Å². The van der Waals surface area contributed by atoms with Gasteiger partial charge in [0.2, 0.25) is 5.91 Å². The minimum atomic E-state index is -1.08. The average Bonchev–Trinajstić information content (AvgIpc) is 2.56. The standard InChI is InChI=1S/C18H25N3O4/c1-5-11(4)14(17(23)24)20-18(25)21-13-9-7-6-8-12(13)19-16(22)15(21)10(2)3/h6-11,14-15H,5H2,1-4H3,(H,19,22)(H,20,25)(H,23,24)/t11-,14-,15+/m1/s1. The fraction of sp³-hybridized carbons (Fsp3) is 0.500. The number of hydrogen-bond donors (Lipinski definition) is 3. The highest BCUT2D eigenvalue weighted by Gasteiger charge is 2.40. The maximum absolute atomic E-state index is 12.9. The van der Waals surface area contributed by atoms with Crippen molar-refractivity contribution < 1.29 is 19.5 Å². The van der Waals surface area contributed by atoms with Crippen LogP contribution in [-0.2, 0) is 9.59 Å². The Balaban J connectivity index is 2.40. The molecule has 0 aliphatic carbocycles. The Bertz CT molecular complexity index is 674. The summed E-state index contributed by atoms with van der Waals surface area (Å²) < 4.78 is 0. The van der Waals surface area contributed by atoms with Crippen LogP contribution in [0.2, 0.25) is 0 Å². The van der Waals surface area contributed by atoms with Gasteiger partial charge < -0.3 is 15.7 Å².